The highest BCUT2D eigenvalue weighted by molar-refractivity contribution is 14.1. The van der Waals surface area contributed by atoms with Crippen molar-refractivity contribution >= 4 is 28.8 Å². The summed E-state index contributed by atoms with van der Waals surface area (Å²) in [5.41, 5.74) is 0. The van der Waals surface area contributed by atoms with Gasteiger partial charge in [-0.25, -0.2) is 0 Å². The van der Waals surface area contributed by atoms with E-state index in [2.05, 4.69) is 10.3 Å². The number of ether oxygens (including phenoxy) is 1. The lowest BCUT2D eigenvalue weighted by Crippen LogP contribution is -2.12. The van der Waals surface area contributed by atoms with Gasteiger partial charge < -0.3 is 4.74 Å². The van der Waals surface area contributed by atoms with Crippen LogP contribution in [0.2, 0.25) is 0 Å². The normalized spacial score (nSPS) is 9.18. The van der Waals surface area contributed by atoms with Crippen molar-refractivity contribution in [2.45, 2.75) is 6.42 Å². The average Bonchev–Trinajstić information content (AvgIpc) is 1.99. The molecule has 0 spiro atoms. The Morgan fingerprint density at radius 1 is 1.64 bits per heavy atom. The van der Waals surface area contributed by atoms with Gasteiger partial charge in [-0.3, -0.25) is 9.63 Å². The Balaban J connectivity index is 3.10. The standard InChI is InChI=1S/C6H10INO3/c1-2-3-6(9)10-4-5-11-8-7/h2,8H,1,3-5H2. The zero-order chi connectivity index (χ0) is 8.53. The van der Waals surface area contributed by atoms with E-state index in [4.69, 9.17) is 9.57 Å². The number of nitrogens with one attached hydrogen (secondary N) is 1. The van der Waals surface area contributed by atoms with Crippen molar-refractivity contribution in [1.82, 2.24) is 3.69 Å². The zero-order valence-electron chi connectivity index (χ0n) is 6.01. The molecule has 0 aromatic heterocycles. The van der Waals surface area contributed by atoms with E-state index in [-0.39, 0.29) is 19.0 Å². The number of hydrogen-bond acceptors (Lipinski definition) is 4. The van der Waals surface area contributed by atoms with Crippen molar-refractivity contribution in [2.75, 3.05) is 13.2 Å². The van der Waals surface area contributed by atoms with E-state index in [0.29, 0.717) is 6.61 Å². The maximum Gasteiger partial charge on any atom is 0.309 e. The molecule has 0 aliphatic carbocycles. The van der Waals surface area contributed by atoms with Gasteiger partial charge >= 0.3 is 5.97 Å². The molecule has 0 aromatic rings. The average molecular weight is 271 g/mol. The Hall–Kier alpha value is -0.140. The number of halogens is 1. The van der Waals surface area contributed by atoms with E-state index < -0.39 is 0 Å². The lowest BCUT2D eigenvalue weighted by Gasteiger charge is -2.01. The minimum atomic E-state index is -0.281. The summed E-state index contributed by atoms with van der Waals surface area (Å²) >= 11 is 1.83. The molecular weight excluding hydrogens is 261 g/mol. The maximum atomic E-state index is 10.6. The van der Waals surface area contributed by atoms with Crippen LogP contribution in [0.1, 0.15) is 6.42 Å². The molecule has 4 nitrogen and oxygen atoms in total. The summed E-state index contributed by atoms with van der Waals surface area (Å²) in [6, 6.07) is 0. The maximum absolute atomic E-state index is 10.6. The lowest BCUT2D eigenvalue weighted by atomic mass is 10.4. The van der Waals surface area contributed by atoms with E-state index in [1.54, 1.807) is 0 Å². The highest BCUT2D eigenvalue weighted by Gasteiger charge is 1.97. The monoisotopic (exact) mass is 271 g/mol. The van der Waals surface area contributed by atoms with Gasteiger partial charge in [-0.1, -0.05) is 6.08 Å². The van der Waals surface area contributed by atoms with E-state index in [0.717, 1.165) is 0 Å². The fourth-order valence-electron chi connectivity index (χ4n) is 0.413. The molecule has 0 saturated carbocycles. The van der Waals surface area contributed by atoms with Gasteiger partial charge in [0, 0.05) is 22.9 Å². The molecule has 0 unspecified atom stereocenters. The van der Waals surface area contributed by atoms with E-state index >= 15 is 0 Å². The van der Waals surface area contributed by atoms with Gasteiger partial charge in [-0.15, -0.1) is 10.3 Å². The molecule has 0 amide bonds. The van der Waals surface area contributed by atoms with Crippen molar-refractivity contribution in [1.29, 1.82) is 0 Å². The summed E-state index contributed by atoms with van der Waals surface area (Å²) in [4.78, 5) is 15.3. The SMILES string of the molecule is C=CCC(=O)OCCONI. The zero-order valence-corrected chi connectivity index (χ0v) is 8.17. The van der Waals surface area contributed by atoms with Crippen LogP contribution in [0.25, 0.3) is 0 Å². The Labute approximate surface area is 79.4 Å². The predicted octanol–water partition coefficient (Wildman–Crippen LogP) is 0.977. The van der Waals surface area contributed by atoms with Crippen molar-refractivity contribution in [3.8, 4) is 0 Å². The second-order valence-electron chi connectivity index (χ2n) is 1.64. The minimum Gasteiger partial charge on any atom is -0.463 e. The molecule has 0 aromatic carbocycles. The van der Waals surface area contributed by atoms with Gasteiger partial charge in [0.25, 0.3) is 0 Å². The molecule has 1 N–H and O–H groups in total. The highest BCUT2D eigenvalue weighted by Crippen LogP contribution is 1.86. The van der Waals surface area contributed by atoms with Gasteiger partial charge in [0.2, 0.25) is 0 Å². The van der Waals surface area contributed by atoms with Crippen molar-refractivity contribution in [3.63, 3.8) is 0 Å². The number of esters is 1. The summed E-state index contributed by atoms with van der Waals surface area (Å²) in [5, 5.41) is 0. The van der Waals surface area contributed by atoms with E-state index in [1.807, 2.05) is 22.9 Å². The molecule has 64 valence electrons. The van der Waals surface area contributed by atoms with Gasteiger partial charge in [0.15, 0.2) is 0 Å². The van der Waals surface area contributed by atoms with Crippen LogP contribution in [0.4, 0.5) is 0 Å². The van der Waals surface area contributed by atoms with Gasteiger partial charge in [0.05, 0.1) is 6.42 Å². The van der Waals surface area contributed by atoms with Crippen LogP contribution >= 0.6 is 22.9 Å². The fourth-order valence-corrected chi connectivity index (χ4v) is 0.633. The molecular formula is C6H10INO3. The van der Waals surface area contributed by atoms with Crippen LogP contribution in [0.15, 0.2) is 12.7 Å². The van der Waals surface area contributed by atoms with Gasteiger partial charge in [-0.05, 0) is 0 Å². The first-order chi connectivity index (χ1) is 5.31. The second kappa shape index (κ2) is 7.96. The summed E-state index contributed by atoms with van der Waals surface area (Å²) in [6.07, 6.45) is 1.75. The van der Waals surface area contributed by atoms with Crippen LogP contribution in [-0.2, 0) is 14.4 Å². The van der Waals surface area contributed by atoms with Crippen LogP contribution in [0.5, 0.6) is 0 Å². The van der Waals surface area contributed by atoms with Crippen molar-refractivity contribution in [3.05, 3.63) is 12.7 Å². The third-order valence-electron chi connectivity index (χ3n) is 0.814. The first-order valence-electron chi connectivity index (χ1n) is 3.05. The molecule has 0 heterocycles. The third kappa shape index (κ3) is 7.76. The first kappa shape index (κ1) is 10.9. The molecule has 0 aliphatic rings. The molecule has 0 radical (unpaired) electrons. The molecule has 5 heteroatoms. The second-order valence-corrected chi connectivity index (χ2v) is 2.08. The summed E-state index contributed by atoms with van der Waals surface area (Å²) in [5.74, 6) is -0.281. The number of hydrogen-bond donors (Lipinski definition) is 1. The third-order valence-corrected chi connectivity index (χ3v) is 1.13. The summed E-state index contributed by atoms with van der Waals surface area (Å²) in [6.45, 7) is 4.02. The van der Waals surface area contributed by atoms with Gasteiger partial charge in [0.1, 0.15) is 13.2 Å². The summed E-state index contributed by atoms with van der Waals surface area (Å²) < 4.78 is 7.14. The Morgan fingerprint density at radius 3 is 2.91 bits per heavy atom. The molecule has 0 saturated heterocycles. The Kier molecular flexibility index (Phi) is 7.86. The number of rotatable bonds is 6. The largest absolute Gasteiger partial charge is 0.463 e. The highest BCUT2D eigenvalue weighted by atomic mass is 127. The number of carbonyl (C=O) groups is 1. The topological polar surface area (TPSA) is 47.6 Å². The van der Waals surface area contributed by atoms with Crippen LogP contribution in [0, 0.1) is 0 Å². The van der Waals surface area contributed by atoms with Crippen molar-refractivity contribution < 1.29 is 14.4 Å². The van der Waals surface area contributed by atoms with E-state index in [9.17, 15) is 4.79 Å². The van der Waals surface area contributed by atoms with Crippen LogP contribution in [0.3, 0.4) is 0 Å². The Bertz CT molecular complexity index is 129. The summed E-state index contributed by atoms with van der Waals surface area (Å²) in [7, 11) is 0. The first-order valence-corrected chi connectivity index (χ1v) is 4.13. The molecule has 11 heavy (non-hydrogen) atoms. The molecule has 0 bridgehead atoms. The molecule has 0 atom stereocenters. The molecule has 0 fully saturated rings. The lowest BCUT2D eigenvalue weighted by molar-refractivity contribution is -0.144. The smallest absolute Gasteiger partial charge is 0.309 e. The number of carbonyl (C=O) groups excluding carboxylic acids is 1. The molecule has 0 rings (SSSR count). The molecule has 0 aliphatic heterocycles. The quantitative estimate of drug-likeness (QED) is 0.195. The van der Waals surface area contributed by atoms with Crippen LogP contribution < -0.4 is 3.69 Å². The van der Waals surface area contributed by atoms with Crippen molar-refractivity contribution in [2.24, 2.45) is 0 Å². The van der Waals surface area contributed by atoms with Gasteiger partial charge in [-0.2, -0.15) is 0 Å². The predicted molar refractivity (Wildman–Crippen MR) is 48.9 cm³/mol. The van der Waals surface area contributed by atoms with E-state index in [1.165, 1.54) is 6.08 Å². The Morgan fingerprint density at radius 2 is 2.36 bits per heavy atom. The fraction of sp³-hybridized carbons (Fsp3) is 0.500. The minimum absolute atomic E-state index is 0.248. The van der Waals surface area contributed by atoms with Crippen LogP contribution in [-0.4, -0.2) is 19.2 Å².